The molecule has 2 aromatic carbocycles. The summed E-state index contributed by atoms with van der Waals surface area (Å²) in [5, 5.41) is -0.0799. The highest BCUT2D eigenvalue weighted by atomic mass is 79.9. The first-order valence-corrected chi connectivity index (χ1v) is 6.02. The quantitative estimate of drug-likeness (QED) is 0.804. The standard InChI is InChI=1S/C12H7BrClF2NO/c13-7-4-11(17)12(5-10(7)16)18-6-1-2-9(15)8(14)3-6/h1-5H,17H2. The van der Waals surface area contributed by atoms with E-state index in [4.69, 9.17) is 22.1 Å². The van der Waals surface area contributed by atoms with Gasteiger partial charge in [0, 0.05) is 12.1 Å². The average molecular weight is 335 g/mol. The fraction of sp³-hybridized carbons (Fsp3) is 0. The summed E-state index contributed by atoms with van der Waals surface area (Å²) in [4.78, 5) is 0. The molecule has 2 nitrogen and oxygen atoms in total. The van der Waals surface area contributed by atoms with Gasteiger partial charge in [-0.25, -0.2) is 8.78 Å². The Labute approximate surface area is 115 Å². The van der Waals surface area contributed by atoms with Crippen molar-refractivity contribution in [1.82, 2.24) is 0 Å². The Hall–Kier alpha value is -1.33. The molecule has 2 aromatic rings. The third-order valence-electron chi connectivity index (χ3n) is 2.17. The van der Waals surface area contributed by atoms with Gasteiger partial charge in [0.05, 0.1) is 15.2 Å². The summed E-state index contributed by atoms with van der Waals surface area (Å²) in [7, 11) is 0. The SMILES string of the molecule is Nc1cc(Br)c(F)cc1Oc1ccc(F)c(Cl)c1. The Morgan fingerprint density at radius 1 is 1.11 bits per heavy atom. The van der Waals surface area contributed by atoms with Gasteiger partial charge in [-0.15, -0.1) is 0 Å². The van der Waals surface area contributed by atoms with Crippen molar-refractivity contribution >= 4 is 33.2 Å². The fourth-order valence-corrected chi connectivity index (χ4v) is 1.83. The normalized spacial score (nSPS) is 10.4. The third-order valence-corrected chi connectivity index (χ3v) is 3.07. The van der Waals surface area contributed by atoms with Crippen LogP contribution in [-0.4, -0.2) is 0 Å². The van der Waals surface area contributed by atoms with E-state index in [9.17, 15) is 8.78 Å². The molecule has 2 rings (SSSR count). The number of nitrogen functional groups attached to an aromatic ring is 1. The van der Waals surface area contributed by atoms with Gasteiger partial charge in [0.15, 0.2) is 5.75 Å². The summed E-state index contributed by atoms with van der Waals surface area (Å²) < 4.78 is 31.9. The average Bonchev–Trinajstić information content (AvgIpc) is 2.31. The zero-order valence-electron chi connectivity index (χ0n) is 8.88. The Kier molecular flexibility index (Phi) is 3.73. The van der Waals surface area contributed by atoms with Crippen LogP contribution in [0.3, 0.4) is 0 Å². The van der Waals surface area contributed by atoms with Crippen molar-refractivity contribution in [3.8, 4) is 11.5 Å². The molecule has 0 aliphatic heterocycles. The number of rotatable bonds is 2. The highest BCUT2D eigenvalue weighted by molar-refractivity contribution is 9.10. The minimum Gasteiger partial charge on any atom is -0.455 e. The Balaban J connectivity index is 2.34. The molecule has 0 bridgehead atoms. The van der Waals surface area contributed by atoms with Crippen LogP contribution in [0.15, 0.2) is 34.8 Å². The summed E-state index contributed by atoms with van der Waals surface area (Å²) >= 11 is 8.61. The molecule has 0 unspecified atom stereocenters. The molecule has 0 saturated carbocycles. The largest absolute Gasteiger partial charge is 0.455 e. The molecule has 18 heavy (non-hydrogen) atoms. The molecule has 0 aliphatic rings. The van der Waals surface area contributed by atoms with Crippen LogP contribution in [0, 0.1) is 11.6 Å². The number of halogens is 4. The van der Waals surface area contributed by atoms with Crippen molar-refractivity contribution in [1.29, 1.82) is 0 Å². The van der Waals surface area contributed by atoms with Gasteiger partial charge in [0.2, 0.25) is 0 Å². The van der Waals surface area contributed by atoms with Crippen molar-refractivity contribution in [3.05, 3.63) is 51.5 Å². The van der Waals surface area contributed by atoms with Crippen LogP contribution >= 0.6 is 27.5 Å². The van der Waals surface area contributed by atoms with E-state index in [1.807, 2.05) is 0 Å². The van der Waals surface area contributed by atoms with Gasteiger partial charge in [0.1, 0.15) is 17.4 Å². The van der Waals surface area contributed by atoms with Gasteiger partial charge < -0.3 is 10.5 Å². The molecule has 0 spiro atoms. The van der Waals surface area contributed by atoms with E-state index in [1.54, 1.807) is 0 Å². The van der Waals surface area contributed by atoms with Crippen LogP contribution < -0.4 is 10.5 Å². The zero-order chi connectivity index (χ0) is 13.3. The van der Waals surface area contributed by atoms with Gasteiger partial charge in [-0.3, -0.25) is 0 Å². The molecule has 0 amide bonds. The Bertz CT molecular complexity index is 607. The van der Waals surface area contributed by atoms with Gasteiger partial charge in [-0.2, -0.15) is 0 Å². The number of ether oxygens (including phenoxy) is 1. The maximum atomic E-state index is 13.3. The zero-order valence-corrected chi connectivity index (χ0v) is 11.2. The highest BCUT2D eigenvalue weighted by Crippen LogP contribution is 2.33. The number of benzene rings is 2. The van der Waals surface area contributed by atoms with Gasteiger partial charge >= 0.3 is 0 Å². The van der Waals surface area contributed by atoms with Crippen LogP contribution in [0.2, 0.25) is 5.02 Å². The summed E-state index contributed by atoms with van der Waals surface area (Å²) in [5.74, 6) is -0.653. The first-order valence-electron chi connectivity index (χ1n) is 4.85. The lowest BCUT2D eigenvalue weighted by Gasteiger charge is -2.09. The fourth-order valence-electron chi connectivity index (χ4n) is 1.30. The molecular weight excluding hydrogens is 327 g/mol. The minimum absolute atomic E-state index is 0.0799. The molecule has 0 aromatic heterocycles. The highest BCUT2D eigenvalue weighted by Gasteiger charge is 2.09. The summed E-state index contributed by atoms with van der Waals surface area (Å²) in [6, 6.07) is 6.34. The van der Waals surface area contributed by atoms with E-state index < -0.39 is 11.6 Å². The molecule has 0 aliphatic carbocycles. The molecular formula is C12H7BrClF2NO. The maximum Gasteiger partial charge on any atom is 0.153 e. The minimum atomic E-state index is -0.557. The van der Waals surface area contributed by atoms with E-state index >= 15 is 0 Å². The smallest absolute Gasteiger partial charge is 0.153 e. The van der Waals surface area contributed by atoms with Crippen LogP contribution in [0.4, 0.5) is 14.5 Å². The molecule has 0 saturated heterocycles. The number of nitrogens with two attached hydrogens (primary N) is 1. The summed E-state index contributed by atoms with van der Waals surface area (Å²) in [5.41, 5.74) is 5.93. The van der Waals surface area contributed by atoms with Gasteiger partial charge in [-0.05, 0) is 34.1 Å². The van der Waals surface area contributed by atoms with E-state index in [0.29, 0.717) is 0 Å². The monoisotopic (exact) mass is 333 g/mol. The van der Waals surface area contributed by atoms with Crippen molar-refractivity contribution in [2.24, 2.45) is 0 Å². The topological polar surface area (TPSA) is 35.2 Å². The second kappa shape index (κ2) is 5.12. The van der Waals surface area contributed by atoms with Crippen LogP contribution in [0.25, 0.3) is 0 Å². The Morgan fingerprint density at radius 2 is 1.83 bits per heavy atom. The molecule has 6 heteroatoms. The lowest BCUT2D eigenvalue weighted by molar-refractivity contribution is 0.477. The first kappa shape index (κ1) is 13.1. The van der Waals surface area contributed by atoms with E-state index in [2.05, 4.69) is 15.9 Å². The van der Waals surface area contributed by atoms with E-state index in [-0.39, 0.29) is 26.7 Å². The summed E-state index contributed by atoms with van der Waals surface area (Å²) in [6.07, 6.45) is 0. The van der Waals surface area contributed by atoms with Crippen molar-refractivity contribution in [2.45, 2.75) is 0 Å². The predicted molar refractivity (Wildman–Crippen MR) is 70.0 cm³/mol. The summed E-state index contributed by atoms with van der Waals surface area (Å²) in [6.45, 7) is 0. The van der Waals surface area contributed by atoms with Crippen LogP contribution in [0.5, 0.6) is 11.5 Å². The second-order valence-corrected chi connectivity index (χ2v) is 4.74. The van der Waals surface area contributed by atoms with E-state index in [1.165, 1.54) is 18.2 Å². The third kappa shape index (κ3) is 2.73. The molecule has 0 fully saturated rings. The van der Waals surface area contributed by atoms with Gasteiger partial charge in [-0.1, -0.05) is 11.6 Å². The lowest BCUT2D eigenvalue weighted by Crippen LogP contribution is -1.94. The molecule has 0 atom stereocenters. The number of anilines is 1. The van der Waals surface area contributed by atoms with E-state index in [0.717, 1.165) is 12.1 Å². The number of hydrogen-bond acceptors (Lipinski definition) is 2. The van der Waals surface area contributed by atoms with Gasteiger partial charge in [0.25, 0.3) is 0 Å². The second-order valence-electron chi connectivity index (χ2n) is 3.48. The molecule has 2 N–H and O–H groups in total. The number of hydrogen-bond donors (Lipinski definition) is 1. The first-order chi connectivity index (χ1) is 8.47. The Morgan fingerprint density at radius 3 is 2.50 bits per heavy atom. The van der Waals surface area contributed by atoms with Crippen molar-refractivity contribution in [2.75, 3.05) is 5.73 Å². The molecule has 0 radical (unpaired) electrons. The molecule has 0 heterocycles. The lowest BCUT2D eigenvalue weighted by atomic mass is 10.3. The maximum absolute atomic E-state index is 13.3. The predicted octanol–water partition coefficient (Wildman–Crippen LogP) is 4.76. The van der Waals surface area contributed by atoms with Crippen molar-refractivity contribution < 1.29 is 13.5 Å². The van der Waals surface area contributed by atoms with Crippen molar-refractivity contribution in [3.63, 3.8) is 0 Å². The van der Waals surface area contributed by atoms with Crippen LogP contribution in [-0.2, 0) is 0 Å². The molecule has 94 valence electrons. The van der Waals surface area contributed by atoms with Crippen LogP contribution in [0.1, 0.15) is 0 Å².